The Bertz CT molecular complexity index is 1470. The summed E-state index contributed by atoms with van der Waals surface area (Å²) in [6.07, 6.45) is -2.03. The van der Waals surface area contributed by atoms with Gasteiger partial charge >= 0.3 is 0 Å². The van der Waals surface area contributed by atoms with Crippen molar-refractivity contribution >= 4 is 34.9 Å². The Hall–Kier alpha value is -3.51. The first-order chi connectivity index (χ1) is 19.3. The summed E-state index contributed by atoms with van der Waals surface area (Å²) in [5.41, 5.74) is 3.67. The number of phenols is 1. The van der Waals surface area contributed by atoms with E-state index in [0.717, 1.165) is 10.6 Å². The molecule has 1 fully saturated rings. The lowest BCUT2D eigenvalue weighted by Crippen LogP contribution is -2.69. The zero-order chi connectivity index (χ0) is 30.0. The average molecular weight is 582 g/mol. The maximum atomic E-state index is 14.3. The smallest absolute Gasteiger partial charge is 0.250 e. The first-order valence-electron chi connectivity index (χ1n) is 13.3. The number of hydrogen-bond acceptors (Lipinski definition) is 10. The van der Waals surface area contributed by atoms with Gasteiger partial charge in [-0.05, 0) is 56.3 Å². The predicted octanol–water partition coefficient (Wildman–Crippen LogP) is 2.16. The Balaban J connectivity index is 1.75. The van der Waals surface area contributed by atoms with Gasteiger partial charge in [-0.1, -0.05) is 18.2 Å². The molecule has 0 spiro atoms. The Morgan fingerprint density at radius 3 is 2.32 bits per heavy atom. The minimum Gasteiger partial charge on any atom is -0.510 e. The lowest BCUT2D eigenvalue weighted by molar-refractivity contribution is -0.171. The van der Waals surface area contributed by atoms with E-state index in [-0.39, 0.29) is 23.3 Å². The van der Waals surface area contributed by atoms with Gasteiger partial charge in [0.2, 0.25) is 0 Å². The van der Waals surface area contributed by atoms with Crippen molar-refractivity contribution < 1.29 is 35.1 Å². The highest BCUT2D eigenvalue weighted by Crippen LogP contribution is 2.58. The van der Waals surface area contributed by atoms with Crippen molar-refractivity contribution in [2.75, 3.05) is 38.8 Å². The van der Waals surface area contributed by atoms with Gasteiger partial charge in [-0.3, -0.25) is 14.5 Å². The van der Waals surface area contributed by atoms with Gasteiger partial charge in [0.1, 0.15) is 23.4 Å². The van der Waals surface area contributed by atoms with E-state index >= 15 is 0 Å². The number of aliphatic hydroxyl groups is 4. The molecule has 2 aromatic carbocycles. The van der Waals surface area contributed by atoms with Crippen LogP contribution in [-0.4, -0.2) is 93.8 Å². The molecule has 6 atom stereocenters. The van der Waals surface area contributed by atoms with Gasteiger partial charge in [-0.25, -0.2) is 0 Å². The van der Waals surface area contributed by atoms with E-state index in [1.165, 1.54) is 6.07 Å². The first kappa shape index (κ1) is 29.0. The molecule has 1 amide bonds. The summed E-state index contributed by atoms with van der Waals surface area (Å²) >= 11 is 1.56. The number of nitrogens with zero attached hydrogens (tertiary/aromatic N) is 2. The van der Waals surface area contributed by atoms with Crippen molar-refractivity contribution in [3.05, 3.63) is 70.5 Å². The van der Waals surface area contributed by atoms with Crippen LogP contribution in [0, 0.1) is 11.8 Å². The van der Waals surface area contributed by atoms with Gasteiger partial charge in [-0.2, -0.15) is 0 Å². The number of Topliss-reactive ketones (excluding diaryl/α,β-unsaturated/α-hetero) is 1. The summed E-state index contributed by atoms with van der Waals surface area (Å²) in [5.74, 6) is -4.96. The third-order valence-electron chi connectivity index (χ3n) is 8.71. The molecule has 7 N–H and O–H groups in total. The maximum absolute atomic E-state index is 14.3. The summed E-state index contributed by atoms with van der Waals surface area (Å²) in [5, 5.41) is 56.9. The number of aliphatic hydroxyl groups excluding tert-OH is 3. The summed E-state index contributed by atoms with van der Waals surface area (Å²) < 4.78 is 0. The van der Waals surface area contributed by atoms with Crippen LogP contribution in [0.5, 0.6) is 5.75 Å². The Morgan fingerprint density at radius 1 is 1.07 bits per heavy atom. The zero-order valence-corrected chi connectivity index (χ0v) is 24.1. The van der Waals surface area contributed by atoms with Crippen LogP contribution in [0.25, 0.3) is 5.76 Å². The molecule has 1 saturated carbocycles. The Morgan fingerprint density at radius 2 is 1.73 bits per heavy atom. The molecule has 3 aliphatic rings. The first-order valence-corrected chi connectivity index (χ1v) is 14.3. The third-order valence-corrected chi connectivity index (χ3v) is 9.84. The fourth-order valence-electron chi connectivity index (χ4n) is 6.89. The Kier molecular flexibility index (Phi) is 7.35. The number of hydrogen-bond donors (Lipinski definition) is 6. The molecule has 0 aromatic heterocycles. The number of anilines is 1. The zero-order valence-electron chi connectivity index (χ0n) is 23.3. The maximum Gasteiger partial charge on any atom is 0.250 e. The van der Waals surface area contributed by atoms with Gasteiger partial charge < -0.3 is 36.2 Å². The lowest BCUT2D eigenvalue weighted by Gasteiger charge is -2.54. The van der Waals surface area contributed by atoms with Gasteiger partial charge in [0.15, 0.2) is 11.4 Å². The number of thioether (sulfide) groups is 1. The summed E-state index contributed by atoms with van der Waals surface area (Å²) in [4.78, 5) is 31.1. The largest absolute Gasteiger partial charge is 0.510 e. The number of primary amides is 1. The fourth-order valence-corrected chi connectivity index (χ4v) is 8.01. The van der Waals surface area contributed by atoms with Crippen molar-refractivity contribution in [1.29, 1.82) is 0 Å². The number of carbonyl (C=O) groups excluding carboxylic acids is 2. The van der Waals surface area contributed by atoms with Crippen LogP contribution in [0.2, 0.25) is 0 Å². The van der Waals surface area contributed by atoms with Crippen LogP contribution >= 0.6 is 11.8 Å². The standard InChI is InChI=1S/C30H35N3O7S/c1-32(2)18-10-11-19(34)22-20(18)16(13-41-14-8-6-5-7-9-14)15-12-17-24(33(3)4)26(36)23(29(31)39)28(38)30(17,40)27(37)21(15)25(22)35/h5-11,15-17,24,28,34-36,38,40H,12-13H2,1-4H3,(H2,31,39)/t15-,16-,17+,24+,28?,30+/m1/s1. The molecule has 0 aliphatic heterocycles. The van der Waals surface area contributed by atoms with E-state index in [0.29, 0.717) is 11.3 Å². The second kappa shape index (κ2) is 10.4. The van der Waals surface area contributed by atoms with E-state index in [4.69, 9.17) is 5.73 Å². The molecule has 1 unspecified atom stereocenters. The second-order valence-electron chi connectivity index (χ2n) is 11.4. The monoisotopic (exact) mass is 581 g/mol. The SMILES string of the molecule is CN(C)c1ccc(O)c2c1[C@H](CSc1ccccc1)[C@H]1C[C@H]3[C@H](N(C)C)C(O)=C(C(N)=O)C(O)[C@@]3(O)C(=O)C1=C2O. The molecule has 0 radical (unpaired) electrons. The van der Waals surface area contributed by atoms with Crippen LogP contribution < -0.4 is 10.6 Å². The number of benzene rings is 2. The Labute approximate surface area is 242 Å². The normalized spacial score (nSPS) is 29.2. The van der Waals surface area contributed by atoms with Crippen molar-refractivity contribution in [2.45, 2.75) is 35.0 Å². The van der Waals surface area contributed by atoms with Gasteiger partial charge in [-0.15, -0.1) is 11.8 Å². The highest BCUT2D eigenvalue weighted by molar-refractivity contribution is 7.99. The minimum absolute atomic E-state index is 0.0830. The molecule has 41 heavy (non-hydrogen) atoms. The van der Waals surface area contributed by atoms with Crippen molar-refractivity contribution in [1.82, 2.24) is 4.90 Å². The third kappa shape index (κ3) is 4.30. The minimum atomic E-state index is -2.56. The number of rotatable bonds is 6. The molecular formula is C30H35N3O7S. The van der Waals surface area contributed by atoms with E-state index in [1.54, 1.807) is 36.8 Å². The number of ketones is 1. The highest BCUT2D eigenvalue weighted by Gasteiger charge is 2.65. The molecule has 2 aromatic rings. The lowest BCUT2D eigenvalue weighted by atomic mass is 9.54. The quantitative estimate of drug-likeness (QED) is 0.278. The number of aromatic hydroxyl groups is 1. The number of amides is 1. The number of phenolic OH excluding ortho intramolecular Hbond substituents is 1. The van der Waals surface area contributed by atoms with Crippen molar-refractivity contribution in [2.24, 2.45) is 17.6 Å². The molecule has 10 nitrogen and oxygen atoms in total. The molecular weight excluding hydrogens is 546 g/mol. The van der Waals surface area contributed by atoms with Crippen LogP contribution in [0.3, 0.4) is 0 Å². The number of carbonyl (C=O) groups is 2. The van der Waals surface area contributed by atoms with Gasteiger partial charge in [0.25, 0.3) is 5.91 Å². The van der Waals surface area contributed by atoms with E-state index in [2.05, 4.69) is 0 Å². The van der Waals surface area contributed by atoms with Crippen LogP contribution in [0.15, 0.2) is 64.3 Å². The number of fused-ring (bicyclic) bond motifs is 3. The van der Waals surface area contributed by atoms with Crippen LogP contribution in [0.1, 0.15) is 23.5 Å². The molecule has 0 saturated heterocycles. The van der Waals surface area contributed by atoms with Gasteiger partial charge in [0, 0.05) is 47.8 Å². The highest BCUT2D eigenvalue weighted by atomic mass is 32.2. The van der Waals surface area contributed by atoms with Crippen LogP contribution in [0.4, 0.5) is 5.69 Å². The van der Waals surface area contributed by atoms with Gasteiger partial charge in [0.05, 0.1) is 17.2 Å². The summed E-state index contributed by atoms with van der Waals surface area (Å²) in [6.45, 7) is 0. The van der Waals surface area contributed by atoms with E-state index in [1.807, 2.05) is 49.3 Å². The van der Waals surface area contributed by atoms with Crippen LogP contribution in [-0.2, 0) is 9.59 Å². The molecule has 0 heterocycles. The number of likely N-dealkylation sites (N-methyl/N-ethyl adjacent to an activating group) is 1. The average Bonchev–Trinajstić information content (AvgIpc) is 2.90. The van der Waals surface area contributed by atoms with Crippen molar-refractivity contribution in [3.8, 4) is 5.75 Å². The molecule has 3 aliphatic carbocycles. The molecule has 5 rings (SSSR count). The molecule has 0 bridgehead atoms. The molecule has 11 heteroatoms. The van der Waals surface area contributed by atoms with Crippen molar-refractivity contribution in [3.63, 3.8) is 0 Å². The molecule has 218 valence electrons. The number of nitrogens with two attached hydrogens (primary N) is 1. The van der Waals surface area contributed by atoms with E-state index < -0.39 is 64.3 Å². The fraction of sp³-hybridized carbons (Fsp3) is 0.400. The summed E-state index contributed by atoms with van der Waals surface area (Å²) in [6, 6.07) is 11.9. The summed E-state index contributed by atoms with van der Waals surface area (Å²) in [7, 11) is 6.96. The second-order valence-corrected chi connectivity index (χ2v) is 12.5. The van der Waals surface area contributed by atoms with E-state index in [9.17, 15) is 35.1 Å². The predicted molar refractivity (Wildman–Crippen MR) is 156 cm³/mol. The topological polar surface area (TPSA) is 168 Å².